The van der Waals surface area contributed by atoms with Crippen molar-refractivity contribution in [3.05, 3.63) is 0 Å². The van der Waals surface area contributed by atoms with E-state index in [1.165, 1.54) is 6.42 Å². The van der Waals surface area contributed by atoms with Crippen LogP contribution < -0.4 is 5.32 Å². The molecule has 3 fully saturated rings. The van der Waals surface area contributed by atoms with Crippen LogP contribution in [-0.4, -0.2) is 53.5 Å². The van der Waals surface area contributed by atoms with Gasteiger partial charge < -0.3 is 10.4 Å². The highest BCUT2D eigenvalue weighted by atomic mass is 19.4. The highest BCUT2D eigenvalue weighted by Gasteiger charge is 2.42. The first kappa shape index (κ1) is 18.5. The maximum atomic E-state index is 12.9. The number of aliphatic hydroxyl groups is 1. The molecule has 2 aliphatic carbocycles. The van der Waals surface area contributed by atoms with Crippen LogP contribution in [0.1, 0.15) is 64.2 Å². The Labute approximate surface area is 143 Å². The third-order valence-corrected chi connectivity index (χ3v) is 6.30. The van der Waals surface area contributed by atoms with Gasteiger partial charge in [-0.3, -0.25) is 4.90 Å². The number of alkyl halides is 3. The number of aliphatic hydroxyl groups excluding tert-OH is 1. The summed E-state index contributed by atoms with van der Waals surface area (Å²) in [5.74, 6) is -1.12. The van der Waals surface area contributed by atoms with E-state index in [1.54, 1.807) is 0 Å². The summed E-state index contributed by atoms with van der Waals surface area (Å²) >= 11 is 0. The van der Waals surface area contributed by atoms with E-state index in [2.05, 4.69) is 10.2 Å². The van der Waals surface area contributed by atoms with Crippen molar-refractivity contribution < 1.29 is 18.3 Å². The molecule has 2 N–H and O–H groups in total. The van der Waals surface area contributed by atoms with E-state index in [0.29, 0.717) is 24.9 Å². The lowest BCUT2D eigenvalue weighted by Crippen LogP contribution is -2.53. The van der Waals surface area contributed by atoms with Crippen molar-refractivity contribution in [2.45, 2.75) is 94.6 Å². The average molecular weight is 348 g/mol. The second-order valence-electron chi connectivity index (χ2n) is 8.00. The summed E-state index contributed by atoms with van der Waals surface area (Å²) in [6.45, 7) is 1.91. The van der Waals surface area contributed by atoms with Gasteiger partial charge in [-0.05, 0) is 44.9 Å². The Hall–Kier alpha value is -0.330. The Morgan fingerprint density at radius 1 is 0.833 bits per heavy atom. The Morgan fingerprint density at radius 2 is 1.54 bits per heavy atom. The smallest absolute Gasteiger partial charge is 0.391 e. The maximum Gasteiger partial charge on any atom is 0.391 e. The molecule has 1 saturated heterocycles. The van der Waals surface area contributed by atoms with Gasteiger partial charge in [-0.25, -0.2) is 0 Å². The average Bonchev–Trinajstić information content (AvgIpc) is 2.56. The van der Waals surface area contributed by atoms with Gasteiger partial charge in [0.25, 0.3) is 0 Å². The van der Waals surface area contributed by atoms with Gasteiger partial charge in [-0.2, -0.15) is 13.2 Å². The number of hydrogen-bond donors (Lipinski definition) is 2. The number of nitrogens with zero attached hydrogens (tertiary/aromatic N) is 1. The zero-order chi connectivity index (χ0) is 17.2. The summed E-state index contributed by atoms with van der Waals surface area (Å²) in [7, 11) is 0. The predicted octanol–water partition coefficient (Wildman–Crippen LogP) is 3.47. The molecule has 0 radical (unpaired) electrons. The predicted molar refractivity (Wildman–Crippen MR) is 87.8 cm³/mol. The van der Waals surface area contributed by atoms with Crippen molar-refractivity contribution in [1.29, 1.82) is 0 Å². The minimum Gasteiger partial charge on any atom is -0.391 e. The molecular formula is C18H31F3N2O. The van der Waals surface area contributed by atoms with Gasteiger partial charge in [0.05, 0.1) is 12.0 Å². The van der Waals surface area contributed by atoms with Crippen molar-refractivity contribution in [2.75, 3.05) is 13.1 Å². The summed E-state index contributed by atoms with van der Waals surface area (Å²) in [4.78, 5) is 2.40. The molecule has 3 nitrogen and oxygen atoms in total. The van der Waals surface area contributed by atoms with Crippen molar-refractivity contribution in [3.8, 4) is 0 Å². The molecule has 140 valence electrons. The van der Waals surface area contributed by atoms with Crippen LogP contribution in [0, 0.1) is 5.92 Å². The minimum absolute atomic E-state index is 0.0159. The Bertz CT molecular complexity index is 396. The maximum absolute atomic E-state index is 12.9. The highest BCUT2D eigenvalue weighted by Crippen LogP contribution is 2.38. The fourth-order valence-corrected chi connectivity index (χ4v) is 4.89. The number of hydrogen-bond acceptors (Lipinski definition) is 3. The molecule has 3 rings (SSSR count). The Morgan fingerprint density at radius 3 is 2.21 bits per heavy atom. The minimum atomic E-state index is -4.04. The summed E-state index contributed by atoms with van der Waals surface area (Å²) in [5.41, 5.74) is 0. The number of likely N-dealkylation sites (tertiary alicyclic amines) is 1. The molecule has 0 aromatic rings. The molecule has 3 aliphatic rings. The molecule has 0 bridgehead atoms. The monoisotopic (exact) mass is 348 g/mol. The highest BCUT2D eigenvalue weighted by molar-refractivity contribution is 4.90. The lowest BCUT2D eigenvalue weighted by Gasteiger charge is -2.43. The van der Waals surface area contributed by atoms with Crippen LogP contribution in [0.3, 0.4) is 0 Å². The zero-order valence-corrected chi connectivity index (χ0v) is 14.4. The van der Waals surface area contributed by atoms with E-state index < -0.39 is 12.1 Å². The summed E-state index contributed by atoms with van der Waals surface area (Å²) < 4.78 is 38.8. The van der Waals surface area contributed by atoms with Gasteiger partial charge in [0.2, 0.25) is 0 Å². The standard InChI is InChI=1S/C18H31F3N2O/c19-18(20,21)13-4-3-5-15(12-13)22-14-8-10-23(11-9-14)16-6-1-2-7-17(16)24/h13-17,22,24H,1-12H2/t13-,15+,16+,17-/m1/s1. The lowest BCUT2D eigenvalue weighted by atomic mass is 9.84. The molecule has 0 amide bonds. The van der Waals surface area contributed by atoms with Gasteiger partial charge in [0, 0.05) is 31.2 Å². The Kier molecular flexibility index (Phi) is 6.09. The first-order valence-electron chi connectivity index (χ1n) is 9.68. The van der Waals surface area contributed by atoms with Gasteiger partial charge >= 0.3 is 6.18 Å². The summed E-state index contributed by atoms with van der Waals surface area (Å²) in [6.07, 6.45) is 4.10. The number of nitrogens with one attached hydrogen (secondary N) is 1. The molecule has 24 heavy (non-hydrogen) atoms. The molecule has 6 heteroatoms. The quantitative estimate of drug-likeness (QED) is 0.820. The van der Waals surface area contributed by atoms with Crippen LogP contribution in [0.25, 0.3) is 0 Å². The fraction of sp³-hybridized carbons (Fsp3) is 1.00. The zero-order valence-electron chi connectivity index (χ0n) is 14.4. The van der Waals surface area contributed by atoms with Gasteiger partial charge in [0.15, 0.2) is 0 Å². The SMILES string of the molecule is O[C@@H]1CCCC[C@@H]1N1CCC(N[C@H]2CCC[C@@H](C(F)(F)F)C2)CC1. The number of rotatable bonds is 3. The van der Waals surface area contributed by atoms with E-state index in [4.69, 9.17) is 0 Å². The molecule has 0 unspecified atom stereocenters. The molecule has 4 atom stereocenters. The second-order valence-corrected chi connectivity index (χ2v) is 8.00. The van der Waals surface area contributed by atoms with E-state index in [9.17, 15) is 18.3 Å². The van der Waals surface area contributed by atoms with Crippen molar-refractivity contribution in [2.24, 2.45) is 5.92 Å². The van der Waals surface area contributed by atoms with Crippen LogP contribution in [0.4, 0.5) is 13.2 Å². The molecular weight excluding hydrogens is 317 g/mol. The molecule has 0 spiro atoms. The molecule has 1 aliphatic heterocycles. The first-order valence-corrected chi connectivity index (χ1v) is 9.68. The number of piperidine rings is 1. The van der Waals surface area contributed by atoms with Gasteiger partial charge in [0.1, 0.15) is 0 Å². The van der Waals surface area contributed by atoms with Crippen molar-refractivity contribution in [3.63, 3.8) is 0 Å². The largest absolute Gasteiger partial charge is 0.391 e. The second kappa shape index (κ2) is 7.92. The fourth-order valence-electron chi connectivity index (χ4n) is 4.89. The van der Waals surface area contributed by atoms with Crippen LogP contribution >= 0.6 is 0 Å². The molecule has 1 heterocycles. The van der Waals surface area contributed by atoms with E-state index in [-0.39, 0.29) is 18.6 Å². The van der Waals surface area contributed by atoms with Crippen molar-refractivity contribution in [1.82, 2.24) is 10.2 Å². The normalized spacial score (nSPS) is 37.5. The van der Waals surface area contributed by atoms with E-state index >= 15 is 0 Å². The third-order valence-electron chi connectivity index (χ3n) is 6.30. The molecule has 0 aromatic heterocycles. The van der Waals surface area contributed by atoms with E-state index in [1.807, 2.05) is 0 Å². The third kappa shape index (κ3) is 4.64. The van der Waals surface area contributed by atoms with Gasteiger partial charge in [-0.15, -0.1) is 0 Å². The van der Waals surface area contributed by atoms with Gasteiger partial charge in [-0.1, -0.05) is 19.3 Å². The lowest BCUT2D eigenvalue weighted by molar-refractivity contribution is -0.184. The Balaban J connectivity index is 1.43. The topological polar surface area (TPSA) is 35.5 Å². The van der Waals surface area contributed by atoms with Crippen LogP contribution in [0.5, 0.6) is 0 Å². The van der Waals surface area contributed by atoms with Crippen LogP contribution in [-0.2, 0) is 0 Å². The first-order chi connectivity index (χ1) is 11.4. The molecule has 2 saturated carbocycles. The van der Waals surface area contributed by atoms with Crippen LogP contribution in [0.15, 0.2) is 0 Å². The number of halogens is 3. The summed E-state index contributed by atoms with van der Waals surface area (Å²) in [5, 5.41) is 13.7. The van der Waals surface area contributed by atoms with Crippen LogP contribution in [0.2, 0.25) is 0 Å². The summed E-state index contributed by atoms with van der Waals surface area (Å²) in [6, 6.07) is 0.644. The molecule has 0 aromatic carbocycles. The van der Waals surface area contributed by atoms with E-state index in [0.717, 1.165) is 51.6 Å². The van der Waals surface area contributed by atoms with Crippen molar-refractivity contribution >= 4 is 0 Å².